The fraction of sp³-hybridized carbons (Fsp3) is 0.273. The van der Waals surface area contributed by atoms with Crippen molar-refractivity contribution < 1.29 is 14.5 Å². The molecule has 2 aromatic carbocycles. The lowest BCUT2D eigenvalue weighted by atomic mass is 10.1. The van der Waals surface area contributed by atoms with Gasteiger partial charge in [0.2, 0.25) is 0 Å². The van der Waals surface area contributed by atoms with Gasteiger partial charge in [0.05, 0.1) is 52.2 Å². The number of benzene rings is 2. The third-order valence-corrected chi connectivity index (χ3v) is 5.32. The van der Waals surface area contributed by atoms with Gasteiger partial charge < -0.3 is 15.0 Å². The predicted molar refractivity (Wildman–Crippen MR) is 117 cm³/mol. The molecule has 1 saturated heterocycles. The monoisotopic (exact) mass is 421 g/mol. The van der Waals surface area contributed by atoms with E-state index in [0.717, 1.165) is 11.4 Å². The van der Waals surface area contributed by atoms with Gasteiger partial charge in [-0.25, -0.2) is 4.68 Å². The van der Waals surface area contributed by atoms with Crippen LogP contribution < -0.4 is 10.2 Å². The average molecular weight is 421 g/mol. The van der Waals surface area contributed by atoms with Crippen LogP contribution in [0.5, 0.6) is 0 Å². The summed E-state index contributed by atoms with van der Waals surface area (Å²) in [6.45, 7) is 6.00. The summed E-state index contributed by atoms with van der Waals surface area (Å²) >= 11 is 0. The Morgan fingerprint density at radius 2 is 1.84 bits per heavy atom. The van der Waals surface area contributed by atoms with Crippen LogP contribution in [-0.4, -0.2) is 46.9 Å². The van der Waals surface area contributed by atoms with Crippen LogP contribution in [0.15, 0.2) is 48.5 Å². The number of nitrogens with zero attached hydrogens (tertiary/aromatic N) is 4. The van der Waals surface area contributed by atoms with Gasteiger partial charge in [0.15, 0.2) is 0 Å². The molecule has 9 nitrogen and oxygen atoms in total. The fourth-order valence-corrected chi connectivity index (χ4v) is 3.72. The number of carbonyl (C=O) groups excluding carboxylic acids is 1. The predicted octanol–water partition coefficient (Wildman–Crippen LogP) is 3.49. The Hall–Kier alpha value is -3.72. The maximum absolute atomic E-state index is 13.3. The number of amides is 1. The van der Waals surface area contributed by atoms with E-state index in [2.05, 4.69) is 10.4 Å². The molecule has 160 valence electrons. The molecular formula is C22H23N5O4. The highest BCUT2D eigenvalue weighted by molar-refractivity contribution is 6.09. The summed E-state index contributed by atoms with van der Waals surface area (Å²) in [7, 11) is 0. The number of nitro groups is 1. The highest BCUT2D eigenvalue weighted by atomic mass is 16.6. The van der Waals surface area contributed by atoms with Gasteiger partial charge in [-0.1, -0.05) is 18.2 Å². The van der Waals surface area contributed by atoms with Gasteiger partial charge in [0.25, 0.3) is 11.6 Å². The molecule has 0 atom stereocenters. The Morgan fingerprint density at radius 1 is 1.13 bits per heavy atom. The van der Waals surface area contributed by atoms with E-state index in [0.29, 0.717) is 43.4 Å². The van der Waals surface area contributed by atoms with Gasteiger partial charge >= 0.3 is 0 Å². The van der Waals surface area contributed by atoms with Crippen LogP contribution in [-0.2, 0) is 4.74 Å². The summed E-state index contributed by atoms with van der Waals surface area (Å²) in [5.74, 6) is -0.413. The number of hydrogen-bond donors (Lipinski definition) is 1. The van der Waals surface area contributed by atoms with Gasteiger partial charge in [0, 0.05) is 25.2 Å². The van der Waals surface area contributed by atoms with Crippen LogP contribution >= 0.6 is 0 Å². The normalized spacial score (nSPS) is 13.8. The Morgan fingerprint density at radius 3 is 2.52 bits per heavy atom. The third kappa shape index (κ3) is 4.13. The quantitative estimate of drug-likeness (QED) is 0.500. The Bertz CT molecular complexity index is 1120. The Kier molecular flexibility index (Phi) is 5.68. The first-order chi connectivity index (χ1) is 15.0. The van der Waals surface area contributed by atoms with Crippen LogP contribution in [0.4, 0.5) is 17.1 Å². The first-order valence-electron chi connectivity index (χ1n) is 10.00. The SMILES string of the molecule is Cc1nn(-c2ccccc2)c(C)c1NC(=O)c1cc([N+](=O)[O-])ccc1N1CCOCC1. The molecule has 0 saturated carbocycles. The Labute approximate surface area is 179 Å². The molecule has 0 spiro atoms. The first-order valence-corrected chi connectivity index (χ1v) is 10.00. The average Bonchev–Trinajstić information content (AvgIpc) is 3.08. The van der Waals surface area contributed by atoms with E-state index in [1.165, 1.54) is 12.1 Å². The maximum Gasteiger partial charge on any atom is 0.270 e. The van der Waals surface area contributed by atoms with Crippen molar-refractivity contribution in [3.63, 3.8) is 0 Å². The fourth-order valence-electron chi connectivity index (χ4n) is 3.72. The molecule has 0 aliphatic carbocycles. The Balaban J connectivity index is 1.69. The number of ether oxygens (including phenoxy) is 1. The van der Waals surface area contributed by atoms with Gasteiger partial charge in [-0.3, -0.25) is 14.9 Å². The lowest BCUT2D eigenvalue weighted by Gasteiger charge is -2.30. The largest absolute Gasteiger partial charge is 0.378 e. The zero-order valence-electron chi connectivity index (χ0n) is 17.4. The number of aryl methyl sites for hydroxylation is 1. The molecule has 4 rings (SSSR count). The van der Waals surface area contributed by atoms with E-state index in [-0.39, 0.29) is 11.3 Å². The van der Waals surface area contributed by atoms with Gasteiger partial charge in [0.1, 0.15) is 0 Å². The molecule has 1 fully saturated rings. The summed E-state index contributed by atoms with van der Waals surface area (Å²) in [6.07, 6.45) is 0. The standard InChI is InChI=1S/C22H23N5O4/c1-15-21(16(2)26(24-15)17-6-4-3-5-7-17)23-22(28)19-14-18(27(29)30)8-9-20(19)25-10-12-31-13-11-25/h3-9,14H,10-13H2,1-2H3,(H,23,28). The molecule has 1 aliphatic heterocycles. The molecule has 1 N–H and O–H groups in total. The van der Waals surface area contributed by atoms with Crippen molar-refractivity contribution in [3.05, 3.63) is 75.6 Å². The van der Waals surface area contributed by atoms with E-state index in [1.54, 1.807) is 10.7 Å². The van der Waals surface area contributed by atoms with E-state index >= 15 is 0 Å². The summed E-state index contributed by atoms with van der Waals surface area (Å²) < 4.78 is 7.16. The van der Waals surface area contributed by atoms with Crippen LogP contribution in [0.1, 0.15) is 21.7 Å². The number of morpholine rings is 1. The molecule has 0 radical (unpaired) electrons. The molecular weight excluding hydrogens is 398 g/mol. The molecule has 1 amide bonds. The maximum atomic E-state index is 13.3. The van der Waals surface area contributed by atoms with Crippen LogP contribution in [0.2, 0.25) is 0 Å². The topological polar surface area (TPSA) is 103 Å². The molecule has 0 unspecified atom stereocenters. The number of nitro benzene ring substituents is 1. The number of anilines is 2. The summed E-state index contributed by atoms with van der Waals surface area (Å²) in [6, 6.07) is 14.0. The molecule has 3 aromatic rings. The van der Waals surface area contributed by atoms with Crippen molar-refractivity contribution in [2.75, 3.05) is 36.5 Å². The van der Waals surface area contributed by atoms with Gasteiger partial charge in [-0.2, -0.15) is 5.10 Å². The zero-order valence-corrected chi connectivity index (χ0v) is 17.4. The third-order valence-electron chi connectivity index (χ3n) is 5.32. The van der Waals surface area contributed by atoms with Crippen molar-refractivity contribution in [3.8, 4) is 5.69 Å². The molecule has 1 aliphatic rings. The number of aromatic nitrogens is 2. The molecule has 31 heavy (non-hydrogen) atoms. The highest BCUT2D eigenvalue weighted by Gasteiger charge is 2.24. The summed E-state index contributed by atoms with van der Waals surface area (Å²) in [5.41, 5.74) is 3.68. The van der Waals surface area contributed by atoms with Gasteiger partial charge in [-0.15, -0.1) is 0 Å². The second kappa shape index (κ2) is 8.57. The van der Waals surface area contributed by atoms with E-state index in [1.807, 2.05) is 49.1 Å². The highest BCUT2D eigenvalue weighted by Crippen LogP contribution is 2.29. The van der Waals surface area contributed by atoms with E-state index in [4.69, 9.17) is 4.74 Å². The lowest BCUT2D eigenvalue weighted by Crippen LogP contribution is -2.37. The number of nitrogens with one attached hydrogen (secondary N) is 1. The minimum atomic E-state index is -0.496. The van der Waals surface area contributed by atoms with Crippen LogP contribution in [0, 0.1) is 24.0 Å². The summed E-state index contributed by atoms with van der Waals surface area (Å²) in [5, 5.41) is 18.8. The molecule has 2 heterocycles. The van der Waals surface area contributed by atoms with Crippen LogP contribution in [0.25, 0.3) is 5.69 Å². The minimum absolute atomic E-state index is 0.129. The zero-order chi connectivity index (χ0) is 22.0. The number of hydrogen-bond acceptors (Lipinski definition) is 6. The second-order valence-corrected chi connectivity index (χ2v) is 7.31. The lowest BCUT2D eigenvalue weighted by molar-refractivity contribution is -0.384. The van der Waals surface area contributed by atoms with Crippen molar-refractivity contribution in [1.82, 2.24) is 9.78 Å². The van der Waals surface area contributed by atoms with Crippen molar-refractivity contribution in [1.29, 1.82) is 0 Å². The number of rotatable bonds is 5. The van der Waals surface area contributed by atoms with E-state index in [9.17, 15) is 14.9 Å². The summed E-state index contributed by atoms with van der Waals surface area (Å²) in [4.78, 5) is 26.1. The van der Waals surface area contributed by atoms with Crippen molar-refractivity contribution in [2.45, 2.75) is 13.8 Å². The molecule has 9 heteroatoms. The number of para-hydroxylation sites is 1. The van der Waals surface area contributed by atoms with Crippen molar-refractivity contribution >= 4 is 23.0 Å². The first kappa shape index (κ1) is 20.5. The molecule has 1 aromatic heterocycles. The molecule has 0 bridgehead atoms. The minimum Gasteiger partial charge on any atom is -0.378 e. The second-order valence-electron chi connectivity index (χ2n) is 7.31. The van der Waals surface area contributed by atoms with Gasteiger partial charge in [-0.05, 0) is 32.0 Å². The number of non-ortho nitro benzene ring substituents is 1. The smallest absolute Gasteiger partial charge is 0.270 e. The number of carbonyl (C=O) groups is 1. The van der Waals surface area contributed by atoms with Crippen molar-refractivity contribution in [2.24, 2.45) is 0 Å². The van der Waals surface area contributed by atoms with E-state index < -0.39 is 10.8 Å². The van der Waals surface area contributed by atoms with Crippen LogP contribution in [0.3, 0.4) is 0 Å².